The maximum absolute atomic E-state index is 6.06. The number of ether oxygens (including phenoxy) is 3. The van der Waals surface area contributed by atoms with Gasteiger partial charge in [0.15, 0.2) is 0 Å². The summed E-state index contributed by atoms with van der Waals surface area (Å²) in [6.45, 7) is 2.88. The Hall–Kier alpha value is -2.42. The zero-order valence-corrected chi connectivity index (χ0v) is 14.6. The fourth-order valence-electron chi connectivity index (χ4n) is 3.12. The topological polar surface area (TPSA) is 27.7 Å². The summed E-state index contributed by atoms with van der Waals surface area (Å²) >= 11 is 0. The smallest absolute Gasteiger partial charge is 0.127 e. The summed E-state index contributed by atoms with van der Waals surface area (Å²) in [6, 6.07) is 12.1. The first-order valence-corrected chi connectivity index (χ1v) is 8.35. The second-order valence-electron chi connectivity index (χ2n) is 6.04. The highest BCUT2D eigenvalue weighted by Crippen LogP contribution is 2.40. The molecule has 126 valence electrons. The molecule has 3 rings (SSSR count). The summed E-state index contributed by atoms with van der Waals surface area (Å²) in [7, 11) is 3.40. The lowest BCUT2D eigenvalue weighted by Crippen LogP contribution is -2.02. The molecule has 0 radical (unpaired) electrons. The summed E-state index contributed by atoms with van der Waals surface area (Å²) in [5.41, 5.74) is 4.84. The summed E-state index contributed by atoms with van der Waals surface area (Å²) < 4.78 is 17.0. The Morgan fingerprint density at radius 1 is 0.917 bits per heavy atom. The molecule has 2 aromatic carbocycles. The van der Waals surface area contributed by atoms with Crippen molar-refractivity contribution in [3.63, 3.8) is 0 Å². The van der Waals surface area contributed by atoms with Crippen LogP contribution < -0.4 is 14.2 Å². The Labute approximate surface area is 143 Å². The molecule has 3 nitrogen and oxygen atoms in total. The van der Waals surface area contributed by atoms with Gasteiger partial charge in [-0.2, -0.15) is 0 Å². The summed E-state index contributed by atoms with van der Waals surface area (Å²) in [5.74, 6) is 2.69. The van der Waals surface area contributed by atoms with Crippen LogP contribution >= 0.6 is 0 Å². The van der Waals surface area contributed by atoms with E-state index in [-0.39, 0.29) is 0 Å². The number of fused-ring (bicyclic) bond motifs is 1. The van der Waals surface area contributed by atoms with Crippen LogP contribution in [-0.2, 0) is 6.42 Å². The molecule has 3 heteroatoms. The molecule has 1 aliphatic rings. The van der Waals surface area contributed by atoms with Gasteiger partial charge in [0.05, 0.1) is 20.8 Å². The Kier molecular flexibility index (Phi) is 5.09. The molecule has 2 aromatic rings. The minimum atomic E-state index is 0.712. The van der Waals surface area contributed by atoms with Crippen molar-refractivity contribution in [2.45, 2.75) is 26.2 Å². The molecule has 0 saturated carbocycles. The summed E-state index contributed by atoms with van der Waals surface area (Å²) in [5, 5.41) is 0. The molecule has 24 heavy (non-hydrogen) atoms. The molecule has 1 aliphatic heterocycles. The number of hydrogen-bond donors (Lipinski definition) is 0. The molecule has 0 saturated heterocycles. The molecule has 0 N–H and O–H groups in total. The van der Waals surface area contributed by atoms with E-state index in [1.165, 1.54) is 11.1 Å². The summed E-state index contributed by atoms with van der Waals surface area (Å²) in [6.07, 6.45) is 5.24. The van der Waals surface area contributed by atoms with Gasteiger partial charge in [-0.05, 0) is 49.6 Å². The summed E-state index contributed by atoms with van der Waals surface area (Å²) in [4.78, 5) is 0. The minimum absolute atomic E-state index is 0.712. The van der Waals surface area contributed by atoms with E-state index in [0.29, 0.717) is 6.61 Å². The molecule has 0 unspecified atom stereocenters. The van der Waals surface area contributed by atoms with Crippen molar-refractivity contribution in [1.29, 1.82) is 0 Å². The van der Waals surface area contributed by atoms with Crippen molar-refractivity contribution in [3.8, 4) is 28.4 Å². The van der Waals surface area contributed by atoms with E-state index in [2.05, 4.69) is 25.1 Å². The van der Waals surface area contributed by atoms with Gasteiger partial charge in [-0.25, -0.2) is 0 Å². The van der Waals surface area contributed by atoms with Gasteiger partial charge in [-0.15, -0.1) is 0 Å². The third-order valence-corrected chi connectivity index (χ3v) is 4.47. The van der Waals surface area contributed by atoms with Gasteiger partial charge in [-0.1, -0.05) is 23.8 Å². The van der Waals surface area contributed by atoms with Gasteiger partial charge in [0, 0.05) is 17.5 Å². The first kappa shape index (κ1) is 16.4. The zero-order valence-electron chi connectivity index (χ0n) is 14.6. The van der Waals surface area contributed by atoms with E-state index >= 15 is 0 Å². The Balaban J connectivity index is 2.10. The minimum Gasteiger partial charge on any atom is -0.497 e. The van der Waals surface area contributed by atoms with Crippen LogP contribution in [0.1, 0.15) is 25.3 Å². The van der Waals surface area contributed by atoms with Crippen LogP contribution in [0.4, 0.5) is 0 Å². The number of allylic oxidation sites excluding steroid dienone is 1. The van der Waals surface area contributed by atoms with E-state index in [1.54, 1.807) is 14.2 Å². The normalized spacial score (nSPS) is 14.4. The average molecular weight is 324 g/mol. The van der Waals surface area contributed by atoms with Crippen LogP contribution in [0.25, 0.3) is 11.1 Å². The molecule has 0 aromatic heterocycles. The second-order valence-corrected chi connectivity index (χ2v) is 6.04. The molecule has 0 amide bonds. The second kappa shape index (κ2) is 7.43. The van der Waals surface area contributed by atoms with Crippen LogP contribution in [0.5, 0.6) is 17.2 Å². The van der Waals surface area contributed by atoms with Crippen molar-refractivity contribution in [2.75, 3.05) is 20.8 Å². The Morgan fingerprint density at radius 3 is 2.42 bits per heavy atom. The molecular formula is C21H24O3. The lowest BCUT2D eigenvalue weighted by Gasteiger charge is -2.18. The predicted molar refractivity (Wildman–Crippen MR) is 97.2 cm³/mol. The predicted octanol–water partition coefficient (Wildman–Crippen LogP) is 5.03. The Bertz CT molecular complexity index is 729. The third kappa shape index (κ3) is 3.40. The van der Waals surface area contributed by atoms with Crippen molar-refractivity contribution >= 4 is 0 Å². The SMILES string of the molecule is COc1ccc(-c2c(OC)ccc3c2CCC=C(C)CCO3)cc1. The van der Waals surface area contributed by atoms with Crippen molar-refractivity contribution in [2.24, 2.45) is 0 Å². The lowest BCUT2D eigenvalue weighted by molar-refractivity contribution is 0.318. The monoisotopic (exact) mass is 324 g/mol. The standard InChI is InChI=1S/C21H24O3/c1-15-5-4-6-18-19(24-14-13-15)11-12-20(23-3)21(18)16-7-9-17(22-2)10-8-16/h5,7-12H,4,6,13-14H2,1-3H3. The zero-order chi connectivity index (χ0) is 16.9. The first-order chi connectivity index (χ1) is 11.7. The van der Waals surface area contributed by atoms with E-state index < -0.39 is 0 Å². The molecule has 0 aliphatic carbocycles. The molecule has 0 spiro atoms. The van der Waals surface area contributed by atoms with Crippen molar-refractivity contribution in [1.82, 2.24) is 0 Å². The van der Waals surface area contributed by atoms with Gasteiger partial charge in [0.1, 0.15) is 17.2 Å². The molecule has 0 fully saturated rings. The van der Waals surface area contributed by atoms with E-state index in [9.17, 15) is 0 Å². The molecule has 0 atom stereocenters. The quantitative estimate of drug-likeness (QED) is 0.741. The first-order valence-electron chi connectivity index (χ1n) is 8.35. The van der Waals surface area contributed by atoms with Crippen LogP contribution in [0.15, 0.2) is 48.0 Å². The van der Waals surface area contributed by atoms with Crippen molar-refractivity contribution < 1.29 is 14.2 Å². The molecule has 0 bridgehead atoms. The highest BCUT2D eigenvalue weighted by molar-refractivity contribution is 5.77. The van der Waals surface area contributed by atoms with Gasteiger partial charge < -0.3 is 14.2 Å². The highest BCUT2D eigenvalue weighted by atomic mass is 16.5. The van der Waals surface area contributed by atoms with Crippen molar-refractivity contribution in [3.05, 3.63) is 53.6 Å². The number of hydrogen-bond acceptors (Lipinski definition) is 3. The van der Waals surface area contributed by atoms with Crippen LogP contribution in [-0.4, -0.2) is 20.8 Å². The Morgan fingerprint density at radius 2 is 1.71 bits per heavy atom. The maximum atomic E-state index is 6.06. The fourth-order valence-corrected chi connectivity index (χ4v) is 3.12. The van der Waals surface area contributed by atoms with Crippen LogP contribution in [0, 0.1) is 0 Å². The fraction of sp³-hybridized carbons (Fsp3) is 0.333. The van der Waals surface area contributed by atoms with E-state index in [4.69, 9.17) is 14.2 Å². The number of methoxy groups -OCH3 is 2. The van der Waals surface area contributed by atoms with Crippen LogP contribution in [0.2, 0.25) is 0 Å². The number of benzene rings is 2. The van der Waals surface area contributed by atoms with Gasteiger partial charge >= 0.3 is 0 Å². The van der Waals surface area contributed by atoms with Gasteiger partial charge in [0.2, 0.25) is 0 Å². The van der Waals surface area contributed by atoms with Crippen LogP contribution in [0.3, 0.4) is 0 Å². The maximum Gasteiger partial charge on any atom is 0.127 e. The molecular weight excluding hydrogens is 300 g/mol. The van der Waals surface area contributed by atoms with E-state index in [0.717, 1.165) is 47.6 Å². The van der Waals surface area contributed by atoms with Gasteiger partial charge in [0.25, 0.3) is 0 Å². The highest BCUT2D eigenvalue weighted by Gasteiger charge is 2.17. The number of rotatable bonds is 3. The lowest BCUT2D eigenvalue weighted by atomic mass is 9.94. The molecule has 1 heterocycles. The average Bonchev–Trinajstić information content (AvgIpc) is 2.71. The largest absolute Gasteiger partial charge is 0.497 e. The third-order valence-electron chi connectivity index (χ3n) is 4.47. The van der Waals surface area contributed by atoms with E-state index in [1.807, 2.05) is 24.3 Å². The van der Waals surface area contributed by atoms with Gasteiger partial charge in [-0.3, -0.25) is 0 Å².